The summed E-state index contributed by atoms with van der Waals surface area (Å²) in [6.45, 7) is 6.66. The molecule has 3 rings (SSSR count). The van der Waals surface area contributed by atoms with E-state index in [2.05, 4.69) is 15.5 Å². The molecule has 1 aliphatic heterocycles. The van der Waals surface area contributed by atoms with Crippen LogP contribution < -0.4 is 20.5 Å². The molecule has 12 heteroatoms. The van der Waals surface area contributed by atoms with Gasteiger partial charge in [-0.2, -0.15) is 0 Å². The van der Waals surface area contributed by atoms with Crippen LogP contribution in [0.1, 0.15) is 42.1 Å². The number of aromatic nitrogens is 2. The fourth-order valence-corrected chi connectivity index (χ4v) is 5.20. The minimum Gasteiger partial charge on any atom is -0.492 e. The molecule has 1 amide bonds. The Balaban J connectivity index is 1.74. The first-order valence-electron chi connectivity index (χ1n) is 11.9. The van der Waals surface area contributed by atoms with E-state index < -0.39 is 34.9 Å². The number of H-pyrrole nitrogens is 1. The van der Waals surface area contributed by atoms with E-state index in [1.165, 1.54) is 0 Å². The number of aliphatic hydroxyl groups excluding tert-OH is 4. The number of rotatable bonds is 12. The zero-order chi connectivity index (χ0) is 26.4. The number of carbonyl (C=O) groups is 1. The number of aliphatic hydroxyl groups is 4. The predicted molar refractivity (Wildman–Crippen MR) is 135 cm³/mol. The minimum absolute atomic E-state index is 0.102. The van der Waals surface area contributed by atoms with Gasteiger partial charge in [0.25, 0.3) is 0 Å². The third-order valence-corrected chi connectivity index (χ3v) is 7.46. The number of amides is 1. The van der Waals surface area contributed by atoms with Gasteiger partial charge in [-0.25, -0.2) is 0 Å². The topological polar surface area (TPSA) is 183 Å². The predicted octanol–water partition coefficient (Wildman–Crippen LogP) is -0.219. The second kappa shape index (κ2) is 12.7. The zero-order valence-corrected chi connectivity index (χ0v) is 21.5. The Bertz CT molecular complexity index is 1020. The molecule has 0 radical (unpaired) electrons. The van der Waals surface area contributed by atoms with Crippen molar-refractivity contribution in [3.8, 4) is 11.6 Å². The zero-order valence-electron chi connectivity index (χ0n) is 20.7. The lowest BCUT2D eigenvalue weighted by molar-refractivity contribution is -0.117. The lowest BCUT2D eigenvalue weighted by Crippen LogP contribution is -2.55. The number of hydrogen-bond acceptors (Lipinski definition) is 10. The fraction of sp³-hybridized carbons (Fsp3) is 0.583. The molecule has 8 N–H and O–H groups in total. The summed E-state index contributed by atoms with van der Waals surface area (Å²) in [5, 5.41) is 49.9. The highest BCUT2D eigenvalue weighted by molar-refractivity contribution is 8.00. The average Bonchev–Trinajstić information content (AvgIpc) is 3.23. The molecule has 1 aliphatic rings. The van der Waals surface area contributed by atoms with Crippen LogP contribution >= 0.6 is 11.8 Å². The first-order valence-corrected chi connectivity index (χ1v) is 12.8. The smallest absolute Gasteiger partial charge is 0.237 e. The molecule has 1 saturated heterocycles. The third-order valence-electron chi connectivity index (χ3n) is 6.04. The number of nitrogens with zero attached hydrogens (tertiary/aromatic N) is 1. The molecule has 1 fully saturated rings. The van der Waals surface area contributed by atoms with E-state index in [0.29, 0.717) is 31.2 Å². The maximum Gasteiger partial charge on any atom is 0.237 e. The van der Waals surface area contributed by atoms with E-state index in [1.807, 2.05) is 39.0 Å². The SMILES string of the molecule is Cc1cc(OCCNCC(N)=O)ccc1Cc1c(O[C@@H]2S[C@H](CO)[C@@H](O)C(O)[C@H]2O)n[nH]c1C(C)C. The molecule has 1 aromatic carbocycles. The van der Waals surface area contributed by atoms with Gasteiger partial charge >= 0.3 is 0 Å². The van der Waals surface area contributed by atoms with Gasteiger partial charge in [0.15, 0.2) is 5.44 Å². The van der Waals surface area contributed by atoms with Crippen LogP contribution in [0.5, 0.6) is 11.6 Å². The van der Waals surface area contributed by atoms with E-state index in [9.17, 15) is 25.2 Å². The summed E-state index contributed by atoms with van der Waals surface area (Å²) >= 11 is 1.06. The van der Waals surface area contributed by atoms with Gasteiger partial charge in [-0.3, -0.25) is 9.89 Å². The van der Waals surface area contributed by atoms with Crippen molar-refractivity contribution in [2.24, 2.45) is 5.73 Å². The maximum absolute atomic E-state index is 10.8. The molecule has 0 saturated carbocycles. The molecule has 2 aromatic rings. The summed E-state index contributed by atoms with van der Waals surface area (Å²) in [5.74, 6) is 0.712. The summed E-state index contributed by atoms with van der Waals surface area (Å²) in [6, 6.07) is 5.77. The molecule has 0 spiro atoms. The Morgan fingerprint density at radius 1 is 1.25 bits per heavy atom. The first-order chi connectivity index (χ1) is 17.1. The van der Waals surface area contributed by atoms with E-state index >= 15 is 0 Å². The summed E-state index contributed by atoms with van der Waals surface area (Å²) in [4.78, 5) is 10.8. The Kier molecular flexibility index (Phi) is 10.00. The summed E-state index contributed by atoms with van der Waals surface area (Å²) < 4.78 is 11.8. The Morgan fingerprint density at radius 3 is 2.64 bits per heavy atom. The molecule has 0 bridgehead atoms. The van der Waals surface area contributed by atoms with Crippen LogP contribution in [0, 0.1) is 6.92 Å². The van der Waals surface area contributed by atoms with E-state index in [0.717, 1.165) is 34.1 Å². The highest BCUT2D eigenvalue weighted by Crippen LogP contribution is 2.37. The Morgan fingerprint density at radius 2 is 2.00 bits per heavy atom. The van der Waals surface area contributed by atoms with Gasteiger partial charge in [-0.15, -0.1) is 16.9 Å². The van der Waals surface area contributed by atoms with E-state index in [4.69, 9.17) is 15.2 Å². The number of benzene rings is 1. The highest BCUT2D eigenvalue weighted by Gasteiger charge is 2.44. The van der Waals surface area contributed by atoms with E-state index in [-0.39, 0.29) is 19.1 Å². The summed E-state index contributed by atoms with van der Waals surface area (Å²) in [6.07, 6.45) is -3.55. The van der Waals surface area contributed by atoms with Gasteiger partial charge in [0, 0.05) is 24.2 Å². The van der Waals surface area contributed by atoms with Crippen LogP contribution in [0.4, 0.5) is 0 Å². The normalized spacial score (nSPS) is 24.2. The molecule has 200 valence electrons. The van der Waals surface area contributed by atoms with Gasteiger partial charge in [-0.05, 0) is 36.1 Å². The fourth-order valence-electron chi connectivity index (χ4n) is 3.98. The standard InChI is InChI=1S/C24H36N4O7S/c1-12(2)19-16(9-14-4-5-15(8-13(14)3)34-7-6-26-10-18(25)30)23(28-27-19)35-24-22(33)21(32)20(31)17(11-29)36-24/h4-5,8,12,17,20-22,24,26,29,31-33H,6-7,9-11H2,1-3H3,(H2,25,30)(H,27,28)/t17-,20-,21?,22-,24-/m1/s1. The van der Waals surface area contributed by atoms with Crippen LogP contribution in [0.2, 0.25) is 0 Å². The number of aromatic amines is 1. The minimum atomic E-state index is -1.44. The van der Waals surface area contributed by atoms with Gasteiger partial charge in [0.2, 0.25) is 11.8 Å². The molecule has 1 aromatic heterocycles. The van der Waals surface area contributed by atoms with Crippen molar-refractivity contribution < 1.29 is 34.7 Å². The van der Waals surface area contributed by atoms with Crippen LogP contribution in [0.25, 0.3) is 0 Å². The van der Waals surface area contributed by atoms with Crippen LogP contribution in [-0.2, 0) is 11.2 Å². The number of thioether (sulfide) groups is 1. The number of hydrogen-bond donors (Lipinski definition) is 7. The molecule has 11 nitrogen and oxygen atoms in total. The van der Waals surface area contributed by atoms with Crippen molar-refractivity contribution in [1.82, 2.24) is 15.5 Å². The molecule has 36 heavy (non-hydrogen) atoms. The van der Waals surface area contributed by atoms with E-state index in [1.54, 1.807) is 0 Å². The van der Waals surface area contributed by atoms with Gasteiger partial charge < -0.3 is 41.0 Å². The third kappa shape index (κ3) is 6.90. The van der Waals surface area contributed by atoms with Gasteiger partial charge in [0.05, 0.1) is 24.5 Å². The number of primary amides is 1. The second-order valence-corrected chi connectivity index (χ2v) is 10.5. The number of nitrogens with one attached hydrogen (secondary N) is 2. The molecule has 5 atom stereocenters. The van der Waals surface area contributed by atoms with Crippen LogP contribution in [0.3, 0.4) is 0 Å². The van der Waals surface area contributed by atoms with Gasteiger partial charge in [0.1, 0.15) is 24.6 Å². The van der Waals surface area contributed by atoms with Crippen LogP contribution in [0.15, 0.2) is 18.2 Å². The lowest BCUT2D eigenvalue weighted by atomic mass is 9.97. The maximum atomic E-state index is 10.8. The highest BCUT2D eigenvalue weighted by atomic mass is 32.2. The van der Waals surface area contributed by atoms with Crippen molar-refractivity contribution in [3.63, 3.8) is 0 Å². The number of aryl methyl sites for hydroxylation is 1. The number of ether oxygens (including phenoxy) is 2. The van der Waals surface area contributed by atoms with Crippen molar-refractivity contribution in [2.45, 2.75) is 62.1 Å². The summed E-state index contributed by atoms with van der Waals surface area (Å²) in [7, 11) is 0. The Labute approximate surface area is 214 Å². The van der Waals surface area contributed by atoms with Crippen molar-refractivity contribution in [2.75, 3.05) is 26.3 Å². The molecular weight excluding hydrogens is 488 g/mol. The first kappa shape index (κ1) is 28.2. The molecule has 0 aliphatic carbocycles. The molecule has 1 unspecified atom stereocenters. The average molecular weight is 525 g/mol. The largest absolute Gasteiger partial charge is 0.492 e. The van der Waals surface area contributed by atoms with Crippen molar-refractivity contribution in [1.29, 1.82) is 0 Å². The van der Waals surface area contributed by atoms with Crippen LogP contribution in [-0.4, -0.2) is 91.8 Å². The number of carbonyl (C=O) groups excluding carboxylic acids is 1. The quantitative estimate of drug-likeness (QED) is 0.183. The van der Waals surface area contributed by atoms with Crippen molar-refractivity contribution >= 4 is 17.7 Å². The van der Waals surface area contributed by atoms with Crippen molar-refractivity contribution in [3.05, 3.63) is 40.6 Å². The van der Waals surface area contributed by atoms with Gasteiger partial charge in [-0.1, -0.05) is 19.9 Å². The lowest BCUT2D eigenvalue weighted by Gasteiger charge is -2.38. The number of nitrogens with two attached hydrogens (primary N) is 1. The molecular formula is C24H36N4O7S. The second-order valence-electron chi connectivity index (χ2n) is 9.15. The molecule has 2 heterocycles. The monoisotopic (exact) mass is 524 g/mol. The summed E-state index contributed by atoms with van der Waals surface area (Å²) in [5.41, 5.74) is 7.93. The Hall–Kier alpha value is -2.35.